The fourth-order valence-corrected chi connectivity index (χ4v) is 3.15. The molecule has 0 spiro atoms. The molecule has 1 aliphatic carbocycles. The summed E-state index contributed by atoms with van der Waals surface area (Å²) >= 11 is 7.69. The number of hydrogen-bond acceptors (Lipinski definition) is 2. The van der Waals surface area contributed by atoms with Gasteiger partial charge in [-0.2, -0.15) is 0 Å². The van der Waals surface area contributed by atoms with Crippen molar-refractivity contribution in [2.45, 2.75) is 44.0 Å². The Morgan fingerprint density at radius 2 is 2.22 bits per heavy atom. The summed E-state index contributed by atoms with van der Waals surface area (Å²) in [6.45, 7) is 4.43. The van der Waals surface area contributed by atoms with E-state index in [-0.39, 0.29) is 17.4 Å². The monoisotopic (exact) mass is 327 g/mol. The van der Waals surface area contributed by atoms with E-state index in [1.54, 1.807) is 6.07 Å². The van der Waals surface area contributed by atoms with Crippen LogP contribution in [0, 0.1) is 5.41 Å². The summed E-state index contributed by atoms with van der Waals surface area (Å²) in [5.74, 6) is -0.0160. The highest BCUT2D eigenvalue weighted by molar-refractivity contribution is 9.10. The van der Waals surface area contributed by atoms with Gasteiger partial charge in [0.1, 0.15) is 0 Å². The van der Waals surface area contributed by atoms with Crippen LogP contribution < -0.4 is 5.32 Å². The van der Waals surface area contributed by atoms with Crippen molar-refractivity contribution in [2.75, 3.05) is 0 Å². The fourth-order valence-electron chi connectivity index (χ4n) is 2.52. The topological polar surface area (TPSA) is 29.1 Å². The third-order valence-corrected chi connectivity index (χ3v) is 4.73. The van der Waals surface area contributed by atoms with Crippen LogP contribution >= 0.6 is 28.6 Å². The summed E-state index contributed by atoms with van der Waals surface area (Å²) in [5, 5.41) is 3.15. The highest BCUT2D eigenvalue weighted by Gasteiger charge is 2.35. The second-order valence-corrected chi connectivity index (χ2v) is 6.94. The smallest absolute Gasteiger partial charge is 0.252 e. The minimum Gasteiger partial charge on any atom is -0.349 e. The largest absolute Gasteiger partial charge is 0.349 e. The summed E-state index contributed by atoms with van der Waals surface area (Å²) in [7, 11) is 0. The minimum atomic E-state index is -0.0160. The highest BCUT2D eigenvalue weighted by Crippen LogP contribution is 2.37. The van der Waals surface area contributed by atoms with Gasteiger partial charge in [-0.15, -0.1) is 12.6 Å². The summed E-state index contributed by atoms with van der Waals surface area (Å²) in [6.07, 6.45) is 3.42. The van der Waals surface area contributed by atoms with Crippen molar-refractivity contribution < 1.29 is 4.79 Å². The van der Waals surface area contributed by atoms with Crippen LogP contribution in [0.2, 0.25) is 0 Å². The zero-order valence-electron chi connectivity index (χ0n) is 10.7. The average molecular weight is 328 g/mol. The van der Waals surface area contributed by atoms with Crippen LogP contribution in [0.15, 0.2) is 27.6 Å². The molecule has 1 fully saturated rings. The van der Waals surface area contributed by atoms with Gasteiger partial charge < -0.3 is 5.32 Å². The molecule has 0 radical (unpaired) electrons. The van der Waals surface area contributed by atoms with E-state index in [1.165, 1.54) is 12.8 Å². The molecule has 1 aromatic carbocycles. The molecular weight excluding hydrogens is 310 g/mol. The van der Waals surface area contributed by atoms with Gasteiger partial charge in [-0.25, -0.2) is 0 Å². The first-order valence-corrected chi connectivity index (χ1v) is 7.43. The van der Waals surface area contributed by atoms with Crippen molar-refractivity contribution in [2.24, 2.45) is 5.41 Å². The number of halogens is 1. The summed E-state index contributed by atoms with van der Waals surface area (Å²) < 4.78 is 0.814. The number of thiol groups is 1. The molecule has 1 unspecified atom stereocenters. The molecule has 0 bridgehead atoms. The zero-order chi connectivity index (χ0) is 13.3. The van der Waals surface area contributed by atoms with Crippen LogP contribution in [0.1, 0.15) is 43.5 Å². The average Bonchev–Trinajstić information content (AvgIpc) is 2.62. The molecule has 98 valence electrons. The van der Waals surface area contributed by atoms with Crippen LogP contribution in [-0.2, 0) is 0 Å². The van der Waals surface area contributed by atoms with Gasteiger partial charge >= 0.3 is 0 Å². The van der Waals surface area contributed by atoms with Crippen molar-refractivity contribution in [3.8, 4) is 0 Å². The number of benzene rings is 1. The molecule has 1 atom stereocenters. The molecule has 0 heterocycles. The van der Waals surface area contributed by atoms with E-state index in [0.717, 1.165) is 15.8 Å². The maximum absolute atomic E-state index is 12.3. The maximum Gasteiger partial charge on any atom is 0.252 e. The van der Waals surface area contributed by atoms with Gasteiger partial charge in [0.15, 0.2) is 0 Å². The van der Waals surface area contributed by atoms with Crippen molar-refractivity contribution in [3.63, 3.8) is 0 Å². The molecule has 18 heavy (non-hydrogen) atoms. The van der Waals surface area contributed by atoms with E-state index in [1.807, 2.05) is 12.1 Å². The third-order valence-electron chi connectivity index (χ3n) is 3.76. The summed E-state index contributed by atoms with van der Waals surface area (Å²) in [5.41, 5.74) is 0.853. The van der Waals surface area contributed by atoms with E-state index in [9.17, 15) is 4.79 Å². The van der Waals surface area contributed by atoms with E-state index in [0.29, 0.717) is 5.56 Å². The Bertz CT molecular complexity index is 473. The molecule has 1 amide bonds. The molecule has 2 nitrogen and oxygen atoms in total. The molecule has 1 saturated carbocycles. The first-order valence-electron chi connectivity index (χ1n) is 6.19. The third kappa shape index (κ3) is 2.91. The standard InChI is InChI=1S/C14H18BrNOS/c1-14(2)7-3-4-12(14)16-13(17)10-8-9(18)5-6-11(10)15/h5-6,8,12,18H,3-4,7H2,1-2H3,(H,16,17). The number of carbonyl (C=O) groups excluding carboxylic acids is 1. The number of rotatable bonds is 2. The normalized spacial score (nSPS) is 21.9. The van der Waals surface area contributed by atoms with E-state index in [2.05, 4.69) is 47.7 Å². The van der Waals surface area contributed by atoms with Crippen molar-refractivity contribution in [3.05, 3.63) is 28.2 Å². The number of hydrogen-bond donors (Lipinski definition) is 2. The number of carbonyl (C=O) groups is 1. The molecule has 0 aliphatic heterocycles. The highest BCUT2D eigenvalue weighted by atomic mass is 79.9. The fraction of sp³-hybridized carbons (Fsp3) is 0.500. The SMILES string of the molecule is CC1(C)CCCC1NC(=O)c1cc(S)ccc1Br. The van der Waals surface area contributed by atoms with E-state index < -0.39 is 0 Å². The lowest BCUT2D eigenvalue weighted by Crippen LogP contribution is -2.41. The molecule has 2 rings (SSSR count). The quantitative estimate of drug-likeness (QED) is 0.788. The van der Waals surface area contributed by atoms with Crippen molar-refractivity contribution in [1.29, 1.82) is 0 Å². The van der Waals surface area contributed by atoms with Crippen LogP contribution in [0.25, 0.3) is 0 Å². The van der Waals surface area contributed by atoms with Gasteiger partial charge in [0.05, 0.1) is 5.56 Å². The second kappa shape index (κ2) is 5.25. The van der Waals surface area contributed by atoms with E-state index in [4.69, 9.17) is 0 Å². The van der Waals surface area contributed by atoms with Gasteiger partial charge in [-0.1, -0.05) is 20.3 Å². The molecule has 0 saturated heterocycles. The van der Waals surface area contributed by atoms with Crippen LogP contribution in [0.3, 0.4) is 0 Å². The van der Waals surface area contributed by atoms with E-state index >= 15 is 0 Å². The van der Waals surface area contributed by atoms with Gasteiger partial charge in [0, 0.05) is 15.4 Å². The molecule has 4 heteroatoms. The van der Waals surface area contributed by atoms with Gasteiger partial charge in [0.25, 0.3) is 5.91 Å². The number of nitrogens with one attached hydrogen (secondary N) is 1. The Morgan fingerprint density at radius 3 is 2.83 bits per heavy atom. The molecule has 1 aromatic rings. The maximum atomic E-state index is 12.3. The molecule has 1 N–H and O–H groups in total. The summed E-state index contributed by atoms with van der Waals surface area (Å²) in [6, 6.07) is 5.78. The first kappa shape index (κ1) is 13.9. The number of amides is 1. The van der Waals surface area contributed by atoms with Gasteiger partial charge in [-0.05, 0) is 52.4 Å². The predicted octanol–water partition coefficient (Wildman–Crippen LogP) is 4.05. The summed E-state index contributed by atoms with van der Waals surface area (Å²) in [4.78, 5) is 13.1. The lowest BCUT2D eigenvalue weighted by atomic mass is 9.87. The zero-order valence-corrected chi connectivity index (χ0v) is 13.1. The Labute approximate surface area is 122 Å². The molecule has 1 aliphatic rings. The second-order valence-electron chi connectivity index (χ2n) is 5.57. The Balaban J connectivity index is 2.15. The predicted molar refractivity (Wildman–Crippen MR) is 80.3 cm³/mol. The van der Waals surface area contributed by atoms with Gasteiger partial charge in [-0.3, -0.25) is 4.79 Å². The minimum absolute atomic E-state index is 0.0160. The lowest BCUT2D eigenvalue weighted by Gasteiger charge is -2.28. The molecule has 0 aromatic heterocycles. The van der Waals surface area contributed by atoms with Crippen molar-refractivity contribution >= 4 is 34.5 Å². The lowest BCUT2D eigenvalue weighted by molar-refractivity contribution is 0.0909. The van der Waals surface area contributed by atoms with Crippen LogP contribution in [-0.4, -0.2) is 11.9 Å². The van der Waals surface area contributed by atoms with Crippen LogP contribution in [0.5, 0.6) is 0 Å². The Morgan fingerprint density at radius 1 is 1.50 bits per heavy atom. The van der Waals surface area contributed by atoms with Crippen molar-refractivity contribution in [1.82, 2.24) is 5.32 Å². The Hall–Kier alpha value is -0.480. The Kier molecular flexibility index (Phi) is 4.07. The van der Waals surface area contributed by atoms with Gasteiger partial charge in [0.2, 0.25) is 0 Å². The van der Waals surface area contributed by atoms with Crippen LogP contribution in [0.4, 0.5) is 0 Å². The molecular formula is C14H18BrNOS. The first-order chi connectivity index (χ1) is 8.40.